The van der Waals surface area contributed by atoms with E-state index in [1.165, 1.54) is 20.0 Å². The molecule has 200 valence electrons. The second-order valence-electron chi connectivity index (χ2n) is 8.14. The van der Waals surface area contributed by atoms with E-state index >= 15 is 0 Å². The maximum atomic E-state index is 12.0. The highest BCUT2D eigenvalue weighted by Gasteiger charge is 2.45. The normalized spacial score (nSPS) is 37.0. The van der Waals surface area contributed by atoms with Crippen molar-refractivity contribution in [2.45, 2.75) is 69.3 Å². The Hall–Kier alpha value is -1.30. The SMILES string of the molecule is Cc1cn([C@H]2C[C@H](O)[C@@H](COP(=O)([O-])OP(=O)([O-])O[C@@H]3O[C@H](C)[C@H]([NH3+])[C@H](O)[C@H]3O)O2)c(=O)[nH]c1=O. The van der Waals surface area contributed by atoms with Gasteiger partial charge in [-0.3, -0.25) is 28.0 Å². The Morgan fingerprint density at radius 1 is 1.20 bits per heavy atom. The van der Waals surface area contributed by atoms with E-state index in [9.17, 15) is 43.8 Å². The number of phosphoric ester groups is 2. The smallest absolute Gasteiger partial charge is 0.330 e. The molecule has 0 radical (unpaired) electrons. The molecule has 3 rings (SSSR count). The highest BCUT2D eigenvalue weighted by atomic mass is 31.3. The Bertz CT molecular complexity index is 1130. The molecular weight excluding hydrogens is 520 g/mol. The zero-order valence-electron chi connectivity index (χ0n) is 18.5. The van der Waals surface area contributed by atoms with Gasteiger partial charge in [0.25, 0.3) is 21.2 Å². The topological polar surface area (TPSA) is 270 Å². The van der Waals surface area contributed by atoms with Gasteiger partial charge in [0.2, 0.25) is 0 Å². The van der Waals surface area contributed by atoms with Crippen LogP contribution in [0.2, 0.25) is 0 Å². The van der Waals surface area contributed by atoms with Gasteiger partial charge < -0.3 is 44.8 Å². The zero-order valence-corrected chi connectivity index (χ0v) is 20.3. The van der Waals surface area contributed by atoms with Gasteiger partial charge in [-0.15, -0.1) is 0 Å². The molecule has 1 aromatic heterocycles. The molecule has 3 heterocycles. The Kier molecular flexibility index (Phi) is 8.56. The summed E-state index contributed by atoms with van der Waals surface area (Å²) >= 11 is 0. The molecule has 2 fully saturated rings. The Morgan fingerprint density at radius 2 is 1.86 bits per heavy atom. The highest BCUT2D eigenvalue weighted by Crippen LogP contribution is 2.56. The number of aliphatic hydroxyl groups excluding tert-OH is 3. The molecular formula is C16H26N3O14P2-. The maximum Gasteiger partial charge on any atom is 0.330 e. The van der Waals surface area contributed by atoms with Crippen molar-refractivity contribution in [3.05, 3.63) is 32.6 Å². The minimum Gasteiger partial charge on any atom is -0.756 e. The van der Waals surface area contributed by atoms with Gasteiger partial charge >= 0.3 is 5.69 Å². The lowest BCUT2D eigenvalue weighted by molar-refractivity contribution is -0.482. The van der Waals surface area contributed by atoms with Gasteiger partial charge in [0, 0.05) is 18.2 Å². The predicted molar refractivity (Wildman–Crippen MR) is 107 cm³/mol. The van der Waals surface area contributed by atoms with E-state index in [-0.39, 0.29) is 12.0 Å². The molecule has 1 aromatic rings. The maximum absolute atomic E-state index is 12.0. The molecule has 0 spiro atoms. The van der Waals surface area contributed by atoms with Crippen LogP contribution in [0.25, 0.3) is 0 Å². The molecule has 2 aliphatic rings. The second-order valence-corrected chi connectivity index (χ2v) is 11.1. The van der Waals surface area contributed by atoms with Crippen molar-refractivity contribution in [2.75, 3.05) is 6.61 Å². The van der Waals surface area contributed by atoms with Crippen molar-refractivity contribution in [3.63, 3.8) is 0 Å². The number of hydrogen-bond acceptors (Lipinski definition) is 14. The van der Waals surface area contributed by atoms with Gasteiger partial charge in [-0.25, -0.2) is 9.11 Å². The number of aryl methyl sites for hydroxylation is 1. The van der Waals surface area contributed by atoms with E-state index in [0.717, 1.165) is 4.57 Å². The van der Waals surface area contributed by atoms with E-state index in [4.69, 9.17) is 9.47 Å². The molecule has 17 nitrogen and oxygen atoms in total. The summed E-state index contributed by atoms with van der Waals surface area (Å²) < 4.78 is 48.5. The van der Waals surface area contributed by atoms with Gasteiger partial charge in [-0.1, -0.05) is 0 Å². The number of phosphoric acid groups is 2. The van der Waals surface area contributed by atoms with Crippen LogP contribution in [0.5, 0.6) is 0 Å². The first kappa shape index (κ1) is 28.3. The lowest BCUT2D eigenvalue weighted by Gasteiger charge is -2.40. The van der Waals surface area contributed by atoms with Crippen LogP contribution >= 0.6 is 15.6 Å². The fourth-order valence-corrected chi connectivity index (χ4v) is 5.55. The third-order valence-electron chi connectivity index (χ3n) is 5.51. The van der Waals surface area contributed by atoms with Crippen molar-refractivity contribution in [2.24, 2.45) is 0 Å². The Labute approximate surface area is 197 Å². The molecule has 35 heavy (non-hydrogen) atoms. The Balaban J connectivity index is 1.59. The number of quaternary nitrogens is 1. The first-order valence-electron chi connectivity index (χ1n) is 10.3. The van der Waals surface area contributed by atoms with E-state index in [0.29, 0.717) is 0 Å². The van der Waals surface area contributed by atoms with Crippen LogP contribution in [0.4, 0.5) is 0 Å². The summed E-state index contributed by atoms with van der Waals surface area (Å²) in [6.07, 6.45) is -8.89. The average Bonchev–Trinajstić information content (AvgIpc) is 3.11. The van der Waals surface area contributed by atoms with Crippen molar-refractivity contribution in [1.82, 2.24) is 9.55 Å². The summed E-state index contributed by atoms with van der Waals surface area (Å²) in [7, 11) is -11.3. The van der Waals surface area contributed by atoms with E-state index < -0.39 is 82.6 Å². The van der Waals surface area contributed by atoms with Gasteiger partial charge in [-0.05, 0) is 13.8 Å². The Morgan fingerprint density at radius 3 is 2.51 bits per heavy atom. The minimum absolute atomic E-state index is 0.169. The molecule has 7 N–H and O–H groups in total. The fraction of sp³-hybridized carbons (Fsp3) is 0.750. The third kappa shape index (κ3) is 6.72. The third-order valence-corrected chi connectivity index (χ3v) is 8.04. The average molecular weight is 546 g/mol. The summed E-state index contributed by atoms with van der Waals surface area (Å²) in [6, 6.07) is -0.816. The van der Waals surface area contributed by atoms with Gasteiger partial charge in [-0.2, -0.15) is 0 Å². The number of H-pyrrole nitrogens is 1. The largest absolute Gasteiger partial charge is 0.756 e. The van der Waals surface area contributed by atoms with Crippen molar-refractivity contribution < 1.29 is 62.8 Å². The van der Waals surface area contributed by atoms with Crippen LogP contribution in [0.3, 0.4) is 0 Å². The predicted octanol–water partition coefficient (Wildman–Crippen LogP) is -4.44. The number of rotatable bonds is 8. The summed E-state index contributed by atoms with van der Waals surface area (Å²) in [4.78, 5) is 49.6. The number of nitrogens with one attached hydrogen (secondary N) is 1. The molecule has 0 bridgehead atoms. The standard InChI is InChI=1S/C16H27N3O14P2/c1-6-4-19(16(24)18-14(6)23)10-3-8(20)9(31-10)5-29-34(25,26)33-35(27,28)32-15-13(22)12(21)11(17)7(2)30-15/h4,7-13,15,20-22H,3,5,17H2,1-2H3,(H,25,26)(H,27,28)(H,18,23,24)/p-1/t7-,8+,9-,10-,11+,12+,13-,15+/m1/s1. The number of ether oxygens (including phenoxy) is 2. The molecule has 0 saturated carbocycles. The number of hydrogen-bond donors (Lipinski definition) is 5. The molecule has 19 heteroatoms. The molecule has 10 atom stereocenters. The van der Waals surface area contributed by atoms with E-state index in [2.05, 4.69) is 24.1 Å². The lowest BCUT2D eigenvalue weighted by Crippen LogP contribution is -2.77. The van der Waals surface area contributed by atoms with Gasteiger partial charge in [0.15, 0.2) is 6.29 Å². The minimum atomic E-state index is -5.70. The van der Waals surface area contributed by atoms with Crippen molar-refractivity contribution in [3.8, 4) is 0 Å². The van der Waals surface area contributed by atoms with Crippen LogP contribution in [0.1, 0.15) is 25.1 Å². The van der Waals surface area contributed by atoms with E-state index in [1.807, 2.05) is 0 Å². The van der Waals surface area contributed by atoms with E-state index in [1.54, 1.807) is 0 Å². The summed E-state index contributed by atoms with van der Waals surface area (Å²) in [5, 5.41) is 29.9. The molecule has 2 saturated heterocycles. The molecule has 0 amide bonds. The first-order valence-corrected chi connectivity index (χ1v) is 13.2. The van der Waals surface area contributed by atoms with Gasteiger partial charge in [0.1, 0.15) is 36.7 Å². The van der Waals surface area contributed by atoms with Crippen LogP contribution < -0.4 is 26.8 Å². The molecule has 2 unspecified atom stereocenters. The number of aliphatic hydroxyl groups is 3. The quantitative estimate of drug-likeness (QED) is 0.193. The number of aromatic nitrogens is 2. The van der Waals surface area contributed by atoms with Crippen LogP contribution in [0, 0.1) is 6.92 Å². The van der Waals surface area contributed by atoms with Crippen LogP contribution in [-0.4, -0.2) is 74.3 Å². The molecule has 0 aromatic carbocycles. The fourth-order valence-electron chi connectivity index (χ4n) is 3.47. The summed E-state index contributed by atoms with van der Waals surface area (Å²) in [6.45, 7) is 1.96. The van der Waals surface area contributed by atoms with Crippen LogP contribution in [0.15, 0.2) is 15.8 Å². The van der Waals surface area contributed by atoms with Gasteiger partial charge in [0.05, 0.1) is 12.7 Å². The summed E-state index contributed by atoms with van der Waals surface area (Å²) in [5.74, 6) is 0. The number of nitrogens with zero attached hydrogens (tertiary/aromatic N) is 1. The number of aromatic amines is 1. The molecule has 0 aliphatic carbocycles. The lowest BCUT2D eigenvalue weighted by atomic mass is 9.98. The second kappa shape index (κ2) is 10.6. The zero-order chi connectivity index (χ0) is 26.3. The highest BCUT2D eigenvalue weighted by molar-refractivity contribution is 7.59. The van der Waals surface area contributed by atoms with Crippen molar-refractivity contribution >= 4 is 15.6 Å². The molecule has 2 aliphatic heterocycles. The monoisotopic (exact) mass is 546 g/mol. The first-order chi connectivity index (χ1) is 16.1. The summed E-state index contributed by atoms with van der Waals surface area (Å²) in [5.41, 5.74) is 2.31. The van der Waals surface area contributed by atoms with Crippen LogP contribution in [-0.2, 0) is 32.0 Å². The van der Waals surface area contributed by atoms with Crippen molar-refractivity contribution in [1.29, 1.82) is 0 Å².